The van der Waals surface area contributed by atoms with Crippen molar-refractivity contribution in [3.63, 3.8) is 0 Å². The van der Waals surface area contributed by atoms with Crippen molar-refractivity contribution < 1.29 is 0 Å². The van der Waals surface area contributed by atoms with Crippen LogP contribution in [0.3, 0.4) is 0 Å². The van der Waals surface area contributed by atoms with E-state index in [4.69, 9.17) is 0 Å². The summed E-state index contributed by atoms with van der Waals surface area (Å²) < 4.78 is 0. The van der Waals surface area contributed by atoms with Crippen LogP contribution in [0, 0.1) is 5.92 Å². The smallest absolute Gasteiger partial charge is 0.0414 e. The van der Waals surface area contributed by atoms with Crippen molar-refractivity contribution in [3.8, 4) is 0 Å². The molecule has 0 aromatic rings. The van der Waals surface area contributed by atoms with Crippen LogP contribution in [0.2, 0.25) is 0 Å². The van der Waals surface area contributed by atoms with Crippen molar-refractivity contribution in [1.29, 1.82) is 0 Å². The summed E-state index contributed by atoms with van der Waals surface area (Å²) in [6.07, 6.45) is 55.4. The van der Waals surface area contributed by atoms with Crippen molar-refractivity contribution in [2.75, 3.05) is 0 Å². The molecule has 0 spiro atoms. The molecule has 1 aliphatic carbocycles. The number of hydrogen-bond acceptors (Lipinski definition) is 0. The lowest BCUT2D eigenvalue weighted by atomic mass is 9.98. The Balaban J connectivity index is 1.59. The molecular weight excluding hydrogens is 468 g/mol. The predicted octanol–water partition coefficient (Wildman–Crippen LogP) is 15.1. The van der Waals surface area contributed by atoms with Gasteiger partial charge in [-0.25, -0.2) is 0 Å². The summed E-state index contributed by atoms with van der Waals surface area (Å²) in [5.74, 6) is 1.11. The third kappa shape index (κ3) is 29.3. The van der Waals surface area contributed by atoms with Crippen LogP contribution in [-0.4, -0.2) is 0 Å². The first-order chi connectivity index (χ1) is 19.4. The van der Waals surface area contributed by atoms with E-state index in [1.807, 2.05) is 0 Å². The van der Waals surface area contributed by atoms with Gasteiger partial charge in [-0.15, -0.1) is 0 Å². The van der Waals surface area contributed by atoms with Crippen molar-refractivity contribution in [2.45, 2.75) is 244 Å². The zero-order valence-corrected chi connectivity index (χ0v) is 27.7. The topological polar surface area (TPSA) is 0 Å². The fourth-order valence-corrected chi connectivity index (χ4v) is 7.11. The van der Waals surface area contributed by atoms with E-state index in [9.17, 15) is 0 Å². The summed E-state index contributed by atoms with van der Waals surface area (Å²) >= 11 is 0. The van der Waals surface area contributed by atoms with Crippen molar-refractivity contribution >= 4 is 0 Å². The molecule has 0 aromatic carbocycles. The molecule has 0 unspecified atom stereocenters. The maximum Gasteiger partial charge on any atom is -0.0414 e. The second-order valence-electron chi connectivity index (χ2n) is 13.9. The first-order valence-electron chi connectivity index (χ1n) is 19.4. The molecule has 1 saturated carbocycles. The number of rotatable bonds is 33. The third-order valence-corrected chi connectivity index (χ3v) is 9.94. The van der Waals surface area contributed by atoms with Crippen LogP contribution >= 0.6 is 0 Å². The van der Waals surface area contributed by atoms with Crippen LogP contribution < -0.4 is 0 Å². The average Bonchev–Trinajstić information content (AvgIpc) is 3.47. The Morgan fingerprint density at radius 1 is 0.282 bits per heavy atom. The lowest BCUT2D eigenvalue weighted by Gasteiger charge is -2.08. The van der Waals surface area contributed by atoms with Gasteiger partial charge in [0.25, 0.3) is 0 Å². The normalized spacial score (nSPS) is 14.1. The molecule has 1 fully saturated rings. The van der Waals surface area contributed by atoms with Crippen LogP contribution in [-0.2, 0) is 0 Å². The summed E-state index contributed by atoms with van der Waals surface area (Å²) in [6.45, 7) is 2.31. The molecule has 0 nitrogen and oxygen atoms in total. The monoisotopic (exact) mass is 547 g/mol. The van der Waals surface area contributed by atoms with Crippen molar-refractivity contribution in [3.05, 3.63) is 0 Å². The Hall–Kier alpha value is 0. The van der Waals surface area contributed by atoms with Crippen LogP contribution in [0.4, 0.5) is 0 Å². The fourth-order valence-electron chi connectivity index (χ4n) is 7.11. The Labute approximate surface area is 250 Å². The molecule has 0 amide bonds. The van der Waals surface area contributed by atoms with E-state index in [1.54, 1.807) is 19.3 Å². The van der Waals surface area contributed by atoms with Crippen molar-refractivity contribution in [2.24, 2.45) is 5.92 Å². The van der Waals surface area contributed by atoms with Crippen LogP contribution in [0.15, 0.2) is 0 Å². The number of hydrogen-bond donors (Lipinski definition) is 0. The van der Waals surface area contributed by atoms with Gasteiger partial charge in [0.2, 0.25) is 0 Å². The average molecular weight is 547 g/mol. The second-order valence-corrected chi connectivity index (χ2v) is 13.9. The van der Waals surface area contributed by atoms with Gasteiger partial charge in [0, 0.05) is 0 Å². The van der Waals surface area contributed by atoms with Gasteiger partial charge in [0.1, 0.15) is 0 Å². The minimum Gasteiger partial charge on any atom is -0.0654 e. The van der Waals surface area contributed by atoms with E-state index in [0.29, 0.717) is 0 Å². The van der Waals surface area contributed by atoms with E-state index < -0.39 is 0 Å². The largest absolute Gasteiger partial charge is 0.0654 e. The van der Waals surface area contributed by atoms with Crippen LogP contribution in [0.1, 0.15) is 244 Å². The maximum absolute atomic E-state index is 2.31. The molecule has 39 heavy (non-hydrogen) atoms. The SMILES string of the molecule is CCCCCCCCCCCCCCCCCCCCCCCCCCCCCCCCCCC1CCCC1. The van der Waals surface area contributed by atoms with Crippen LogP contribution in [0.25, 0.3) is 0 Å². The lowest BCUT2D eigenvalue weighted by Crippen LogP contribution is -1.92. The molecular formula is C39H78. The molecule has 0 heterocycles. The van der Waals surface area contributed by atoms with Gasteiger partial charge in [-0.2, -0.15) is 0 Å². The molecule has 0 heteroatoms. The Morgan fingerprint density at radius 2 is 0.487 bits per heavy atom. The maximum atomic E-state index is 2.31. The highest BCUT2D eigenvalue weighted by molar-refractivity contribution is 4.67. The second kappa shape index (κ2) is 32.5. The molecule has 0 atom stereocenters. The molecule has 1 aliphatic rings. The van der Waals surface area contributed by atoms with Gasteiger partial charge in [-0.05, 0) is 5.92 Å². The van der Waals surface area contributed by atoms with Gasteiger partial charge in [-0.3, -0.25) is 0 Å². The quantitative estimate of drug-likeness (QED) is 0.0718. The van der Waals surface area contributed by atoms with E-state index in [1.165, 1.54) is 218 Å². The number of unbranched alkanes of at least 4 members (excludes halogenated alkanes) is 31. The first kappa shape index (κ1) is 37.0. The predicted molar refractivity (Wildman–Crippen MR) is 180 cm³/mol. The first-order valence-corrected chi connectivity index (χ1v) is 19.4. The minimum atomic E-state index is 1.11. The summed E-state index contributed by atoms with van der Waals surface area (Å²) in [5, 5.41) is 0. The molecule has 234 valence electrons. The van der Waals surface area contributed by atoms with Gasteiger partial charge in [0.05, 0.1) is 0 Å². The van der Waals surface area contributed by atoms with Gasteiger partial charge < -0.3 is 0 Å². The van der Waals surface area contributed by atoms with E-state index in [2.05, 4.69) is 6.92 Å². The Bertz CT molecular complexity index is 420. The lowest BCUT2D eigenvalue weighted by molar-refractivity contribution is 0.459. The minimum absolute atomic E-state index is 1.11. The molecule has 0 bridgehead atoms. The van der Waals surface area contributed by atoms with E-state index in [-0.39, 0.29) is 0 Å². The highest BCUT2D eigenvalue weighted by Gasteiger charge is 2.13. The van der Waals surface area contributed by atoms with Gasteiger partial charge in [-0.1, -0.05) is 244 Å². The molecule has 0 radical (unpaired) electrons. The summed E-state index contributed by atoms with van der Waals surface area (Å²) in [6, 6.07) is 0. The van der Waals surface area contributed by atoms with Gasteiger partial charge in [0.15, 0.2) is 0 Å². The zero-order chi connectivity index (χ0) is 27.7. The highest BCUT2D eigenvalue weighted by Crippen LogP contribution is 2.29. The van der Waals surface area contributed by atoms with E-state index >= 15 is 0 Å². The third-order valence-electron chi connectivity index (χ3n) is 9.94. The highest BCUT2D eigenvalue weighted by atomic mass is 14.2. The molecule has 0 aliphatic heterocycles. The molecule has 1 rings (SSSR count). The summed E-state index contributed by atoms with van der Waals surface area (Å²) in [7, 11) is 0. The molecule has 0 aromatic heterocycles. The van der Waals surface area contributed by atoms with Crippen LogP contribution in [0.5, 0.6) is 0 Å². The summed E-state index contributed by atoms with van der Waals surface area (Å²) in [4.78, 5) is 0. The van der Waals surface area contributed by atoms with E-state index in [0.717, 1.165) is 5.92 Å². The van der Waals surface area contributed by atoms with Crippen molar-refractivity contribution in [1.82, 2.24) is 0 Å². The van der Waals surface area contributed by atoms with Gasteiger partial charge >= 0.3 is 0 Å². The molecule has 0 N–H and O–H groups in total. The molecule has 0 saturated heterocycles. The zero-order valence-electron chi connectivity index (χ0n) is 27.7. The standard InChI is InChI=1S/C39H78/c1-2-3-4-5-6-7-8-9-10-11-12-13-14-15-16-17-18-19-20-21-22-23-24-25-26-27-28-29-30-31-32-33-36-39-37-34-35-38-39/h39H,2-38H2,1H3. The Morgan fingerprint density at radius 3 is 0.718 bits per heavy atom. The fraction of sp³-hybridized carbons (Fsp3) is 1.00. The Kier molecular flexibility index (Phi) is 30.9. The summed E-state index contributed by atoms with van der Waals surface area (Å²) in [5.41, 5.74) is 0.